The van der Waals surface area contributed by atoms with Crippen LogP contribution in [0.2, 0.25) is 0 Å². The number of benzene rings is 5. The van der Waals surface area contributed by atoms with E-state index in [4.69, 9.17) is 0 Å². The number of nitrogens with zero attached hydrogens (tertiary/aromatic N) is 4. The highest BCUT2D eigenvalue weighted by Crippen LogP contribution is 2.15. The van der Waals surface area contributed by atoms with Gasteiger partial charge < -0.3 is 17.9 Å². The smallest absolute Gasteiger partial charge is 0.104 e. The Morgan fingerprint density at radius 2 is 0.554 bits per heavy atom. The Bertz CT molecular complexity index is 1620. The fourth-order valence-electron chi connectivity index (χ4n) is 7.05. The monoisotopic (exact) mass is 761 g/mol. The highest BCUT2D eigenvalue weighted by atomic mass is 15.3. The molecule has 0 radical (unpaired) electrons. The Hall–Kier alpha value is -4.06. The molecule has 4 nitrogen and oxygen atoms in total. The largest absolute Gasteiger partial charge is 0.327 e. The Labute approximate surface area is 345 Å². The normalized spacial score (nSPS) is 11.6. The van der Waals surface area contributed by atoms with Crippen LogP contribution in [0, 0.1) is 0 Å². The molecule has 0 amide bonds. The maximum atomic E-state index is 2.32. The first-order chi connectivity index (χ1) is 26.5. The number of rotatable bonds is 16. The number of hydrogen-bond acceptors (Lipinski definition) is 0. The second-order valence-electron chi connectivity index (χ2n) is 18.5. The molecular weight excluding hydrogens is 681 g/mol. The van der Waals surface area contributed by atoms with Gasteiger partial charge in [-0.15, -0.1) is 0 Å². The molecule has 0 saturated carbocycles. The fourth-order valence-corrected chi connectivity index (χ4v) is 7.05. The summed E-state index contributed by atoms with van der Waals surface area (Å²) >= 11 is 0. The van der Waals surface area contributed by atoms with Crippen molar-refractivity contribution in [3.8, 4) is 0 Å². The first-order valence-electron chi connectivity index (χ1n) is 21.0. The first kappa shape index (κ1) is 48.1. The van der Waals surface area contributed by atoms with Gasteiger partial charge in [-0.25, -0.2) is 0 Å². The van der Waals surface area contributed by atoms with E-state index in [9.17, 15) is 0 Å². The topological polar surface area (TPSA) is 0 Å². The van der Waals surface area contributed by atoms with Gasteiger partial charge in [-0.1, -0.05) is 172 Å². The summed E-state index contributed by atoms with van der Waals surface area (Å²) in [6, 6.07) is 53.4. The van der Waals surface area contributed by atoms with Crippen LogP contribution in [0.5, 0.6) is 0 Å². The van der Waals surface area contributed by atoms with E-state index >= 15 is 0 Å². The molecule has 0 fully saturated rings. The third-order valence-electron chi connectivity index (χ3n) is 9.51. The van der Waals surface area contributed by atoms with Crippen molar-refractivity contribution in [2.45, 2.75) is 72.3 Å². The molecule has 0 saturated heterocycles. The molecular formula is C52H80N4+4. The molecule has 0 spiro atoms. The van der Waals surface area contributed by atoms with Gasteiger partial charge in [-0.05, 0) is 19.3 Å². The van der Waals surface area contributed by atoms with Crippen molar-refractivity contribution in [2.75, 3.05) is 76.5 Å². The lowest BCUT2D eigenvalue weighted by Gasteiger charge is -2.30. The van der Waals surface area contributed by atoms with E-state index in [1.54, 1.807) is 0 Å². The van der Waals surface area contributed by atoms with Gasteiger partial charge in [0.15, 0.2) is 0 Å². The summed E-state index contributed by atoms with van der Waals surface area (Å²) in [5.41, 5.74) is 7.07. The lowest BCUT2D eigenvalue weighted by atomic mass is 10.1. The van der Waals surface area contributed by atoms with Crippen LogP contribution in [0.15, 0.2) is 152 Å². The van der Waals surface area contributed by atoms with E-state index in [0.29, 0.717) is 0 Å². The van der Waals surface area contributed by atoms with Crippen molar-refractivity contribution in [1.29, 1.82) is 0 Å². The van der Waals surface area contributed by atoms with Gasteiger partial charge in [0.25, 0.3) is 0 Å². The third-order valence-corrected chi connectivity index (χ3v) is 9.51. The van der Waals surface area contributed by atoms with Gasteiger partial charge in [0.2, 0.25) is 0 Å². The Morgan fingerprint density at radius 3 is 0.821 bits per heavy atom. The molecule has 0 aliphatic carbocycles. The van der Waals surface area contributed by atoms with Crippen molar-refractivity contribution in [2.24, 2.45) is 0 Å². The van der Waals surface area contributed by atoms with Gasteiger partial charge in [0.05, 0.1) is 76.5 Å². The molecule has 0 unspecified atom stereocenters. The molecule has 0 aromatic heterocycles. The van der Waals surface area contributed by atoms with Crippen molar-refractivity contribution in [1.82, 2.24) is 0 Å². The lowest BCUT2D eigenvalue weighted by molar-refractivity contribution is -0.916. The number of quaternary nitrogens is 4. The molecule has 5 aromatic carbocycles. The van der Waals surface area contributed by atoms with Gasteiger partial charge in [-0.2, -0.15) is 0 Å². The fraction of sp³-hybridized carbons (Fsp3) is 0.423. The van der Waals surface area contributed by atoms with Crippen LogP contribution in [0.3, 0.4) is 0 Å². The molecule has 56 heavy (non-hydrogen) atoms. The SMILES string of the molecule is CCCCC[N+](C)(C)Cc1ccccc1.CCC[N+](C)(C)Cc1ccccc1.C[N+](C)(C)Cc1ccccc1.C[N+](C)(Cc1ccccc1)Cc1ccccc1. The first-order valence-corrected chi connectivity index (χ1v) is 21.0. The summed E-state index contributed by atoms with van der Waals surface area (Å²) in [6.45, 7) is 12.5. The molecule has 0 aliphatic heterocycles. The minimum Gasteiger partial charge on any atom is -0.327 e. The molecule has 4 heteroatoms. The van der Waals surface area contributed by atoms with Crippen molar-refractivity contribution in [3.63, 3.8) is 0 Å². The van der Waals surface area contributed by atoms with E-state index in [0.717, 1.165) is 50.7 Å². The molecule has 0 atom stereocenters. The summed E-state index contributed by atoms with van der Waals surface area (Å²) in [6.07, 6.45) is 5.26. The average molecular weight is 761 g/mol. The Kier molecular flexibility index (Phi) is 21.7. The van der Waals surface area contributed by atoms with Crippen LogP contribution in [-0.2, 0) is 32.7 Å². The zero-order chi connectivity index (χ0) is 41.3. The van der Waals surface area contributed by atoms with Gasteiger partial charge >= 0.3 is 0 Å². The molecule has 5 rings (SSSR count). The maximum absolute atomic E-state index is 2.32. The molecule has 0 aliphatic rings. The highest BCUT2D eigenvalue weighted by Gasteiger charge is 2.17. The Morgan fingerprint density at radius 1 is 0.286 bits per heavy atom. The zero-order valence-corrected chi connectivity index (χ0v) is 37.5. The standard InChI is InChI=1S/C16H20N.C14H24N.C12H20N.C10H16N/c1-17(2,13-15-9-5-3-6-10-15)14-16-11-7-4-8-12-16;1-4-5-9-12-15(2,3)13-14-10-7-6-8-11-14;1-4-10-13(2,3)11-12-8-6-5-7-9-12;1-11(2,3)9-10-7-5-4-6-8-10/h3-12H,13-14H2,1-2H3;6-8,10-11H,4-5,9,12-13H2,1-3H3;5-9H,4,10-11H2,1-3H3;4-8H,9H2,1-3H3/q4*+1. The summed E-state index contributed by atoms with van der Waals surface area (Å²) in [7, 11) is 20.4. The predicted molar refractivity (Wildman–Crippen MR) is 245 cm³/mol. The van der Waals surface area contributed by atoms with Crippen LogP contribution >= 0.6 is 0 Å². The average Bonchev–Trinajstić information content (AvgIpc) is 3.13. The Balaban J connectivity index is 0.000000261. The lowest BCUT2D eigenvalue weighted by Crippen LogP contribution is -2.39. The molecule has 5 aromatic rings. The molecule has 0 N–H and O–H groups in total. The van der Waals surface area contributed by atoms with E-state index in [2.05, 4.69) is 229 Å². The number of unbranched alkanes of at least 4 members (excludes halogenated alkanes) is 2. The van der Waals surface area contributed by atoms with Crippen molar-refractivity contribution >= 4 is 0 Å². The van der Waals surface area contributed by atoms with Crippen LogP contribution in [0.4, 0.5) is 0 Å². The second-order valence-corrected chi connectivity index (χ2v) is 18.5. The third kappa shape index (κ3) is 23.8. The van der Waals surface area contributed by atoms with Crippen LogP contribution in [-0.4, -0.2) is 94.5 Å². The van der Waals surface area contributed by atoms with E-state index in [-0.39, 0.29) is 0 Å². The summed E-state index contributed by atoms with van der Waals surface area (Å²) in [5, 5.41) is 0. The highest BCUT2D eigenvalue weighted by molar-refractivity contribution is 5.16. The van der Waals surface area contributed by atoms with Crippen LogP contribution in [0.25, 0.3) is 0 Å². The molecule has 0 bridgehead atoms. The minimum absolute atomic E-state index is 0.980. The van der Waals surface area contributed by atoms with E-state index in [1.807, 2.05) is 0 Å². The van der Waals surface area contributed by atoms with Crippen molar-refractivity contribution < 1.29 is 17.9 Å². The van der Waals surface area contributed by atoms with E-state index < -0.39 is 0 Å². The zero-order valence-electron chi connectivity index (χ0n) is 37.5. The van der Waals surface area contributed by atoms with Gasteiger partial charge in [0.1, 0.15) is 32.7 Å². The molecule has 0 heterocycles. The van der Waals surface area contributed by atoms with E-state index in [1.165, 1.54) is 66.6 Å². The van der Waals surface area contributed by atoms with Crippen molar-refractivity contribution in [3.05, 3.63) is 179 Å². The second kappa shape index (κ2) is 25.2. The van der Waals surface area contributed by atoms with Gasteiger partial charge in [-0.3, -0.25) is 0 Å². The van der Waals surface area contributed by atoms with Gasteiger partial charge in [0, 0.05) is 27.8 Å². The molecule has 304 valence electrons. The van der Waals surface area contributed by atoms with Crippen LogP contribution in [0.1, 0.15) is 67.3 Å². The quantitative estimate of drug-likeness (QED) is 0.0694. The predicted octanol–water partition coefficient (Wildman–Crippen LogP) is 11.5. The summed E-state index contributed by atoms with van der Waals surface area (Å²) < 4.78 is 4.16. The van der Waals surface area contributed by atoms with Crippen LogP contribution < -0.4 is 0 Å². The minimum atomic E-state index is 0.980. The summed E-state index contributed by atoms with van der Waals surface area (Å²) in [5.74, 6) is 0. The maximum Gasteiger partial charge on any atom is 0.104 e. The summed E-state index contributed by atoms with van der Waals surface area (Å²) in [4.78, 5) is 0. The number of hydrogen-bond donors (Lipinski definition) is 0.